The minimum atomic E-state index is -0.371. The molecule has 114 valence electrons. The number of hydrogen-bond donors (Lipinski definition) is 1. The monoisotopic (exact) mass is 319 g/mol. The van der Waals surface area contributed by atoms with Crippen molar-refractivity contribution in [3.63, 3.8) is 0 Å². The van der Waals surface area contributed by atoms with Gasteiger partial charge in [0.25, 0.3) is 0 Å². The van der Waals surface area contributed by atoms with Crippen LogP contribution in [0.5, 0.6) is 0 Å². The van der Waals surface area contributed by atoms with Crippen LogP contribution in [0.3, 0.4) is 0 Å². The number of nitrogens with zero attached hydrogens (tertiary/aromatic N) is 3. The third-order valence-corrected chi connectivity index (χ3v) is 4.07. The van der Waals surface area contributed by atoms with Gasteiger partial charge in [-0.2, -0.15) is 0 Å². The summed E-state index contributed by atoms with van der Waals surface area (Å²) in [7, 11) is 0. The van der Waals surface area contributed by atoms with E-state index in [2.05, 4.69) is 10.2 Å². The Morgan fingerprint density at radius 1 is 1.36 bits per heavy atom. The van der Waals surface area contributed by atoms with Crippen LogP contribution in [-0.4, -0.2) is 25.7 Å². The standard InChI is InChI=1S/C15H14FN3O2S/c16-11-3-1-10(2-4-11)13(21)7-8-22-15-18-17-14(9-20)19(15)12-5-6-12/h1-4,7-8,12,20H,5-6,9H2/b8-7+. The van der Waals surface area contributed by atoms with E-state index in [9.17, 15) is 14.3 Å². The summed E-state index contributed by atoms with van der Waals surface area (Å²) in [4.78, 5) is 11.9. The highest BCUT2D eigenvalue weighted by Gasteiger charge is 2.29. The fourth-order valence-corrected chi connectivity index (χ4v) is 2.83. The molecule has 0 aliphatic heterocycles. The number of rotatable bonds is 6. The van der Waals surface area contributed by atoms with Crippen LogP contribution in [0.2, 0.25) is 0 Å². The number of aliphatic hydroxyl groups is 1. The van der Waals surface area contributed by atoms with Crippen LogP contribution in [0.1, 0.15) is 35.1 Å². The van der Waals surface area contributed by atoms with E-state index in [1.165, 1.54) is 42.1 Å². The Labute approximate surface area is 130 Å². The zero-order valence-electron chi connectivity index (χ0n) is 11.6. The van der Waals surface area contributed by atoms with Crippen LogP contribution in [0.15, 0.2) is 40.9 Å². The first-order chi connectivity index (χ1) is 10.7. The van der Waals surface area contributed by atoms with Crippen LogP contribution in [0.25, 0.3) is 0 Å². The second-order valence-corrected chi connectivity index (χ2v) is 5.82. The van der Waals surface area contributed by atoms with E-state index in [0.717, 1.165) is 12.8 Å². The van der Waals surface area contributed by atoms with Gasteiger partial charge in [0.15, 0.2) is 16.8 Å². The molecule has 3 rings (SSSR count). The molecule has 0 unspecified atom stereocenters. The van der Waals surface area contributed by atoms with Crippen molar-refractivity contribution in [2.24, 2.45) is 0 Å². The molecule has 22 heavy (non-hydrogen) atoms. The maximum absolute atomic E-state index is 12.8. The van der Waals surface area contributed by atoms with E-state index in [1.807, 2.05) is 4.57 Å². The number of ketones is 1. The van der Waals surface area contributed by atoms with Gasteiger partial charge in [0.2, 0.25) is 0 Å². The Hall–Kier alpha value is -1.99. The molecular weight excluding hydrogens is 305 g/mol. The highest BCUT2D eigenvalue weighted by molar-refractivity contribution is 8.02. The van der Waals surface area contributed by atoms with Gasteiger partial charge >= 0.3 is 0 Å². The molecule has 0 spiro atoms. The van der Waals surface area contributed by atoms with Crippen LogP contribution >= 0.6 is 11.8 Å². The van der Waals surface area contributed by atoms with Crippen LogP contribution in [0, 0.1) is 5.82 Å². The summed E-state index contributed by atoms with van der Waals surface area (Å²) in [5, 5.41) is 19.5. The Morgan fingerprint density at radius 2 is 2.09 bits per heavy atom. The van der Waals surface area contributed by atoms with E-state index in [-0.39, 0.29) is 18.2 Å². The van der Waals surface area contributed by atoms with E-state index in [0.29, 0.717) is 22.6 Å². The second kappa shape index (κ2) is 6.41. The number of halogens is 1. The molecule has 5 nitrogen and oxygen atoms in total. The van der Waals surface area contributed by atoms with Crippen molar-refractivity contribution >= 4 is 17.5 Å². The Balaban J connectivity index is 1.68. The lowest BCUT2D eigenvalue weighted by molar-refractivity contribution is 0.104. The number of carbonyl (C=O) groups excluding carboxylic acids is 1. The first kappa shape index (κ1) is 14.9. The van der Waals surface area contributed by atoms with Crippen LogP contribution < -0.4 is 0 Å². The summed E-state index contributed by atoms with van der Waals surface area (Å²) >= 11 is 1.28. The predicted molar refractivity (Wildman–Crippen MR) is 79.9 cm³/mol. The molecule has 1 aromatic carbocycles. The number of allylic oxidation sites excluding steroid dienone is 1. The number of carbonyl (C=O) groups is 1. The molecule has 0 bridgehead atoms. The largest absolute Gasteiger partial charge is 0.388 e. The molecule has 1 aromatic heterocycles. The second-order valence-electron chi connectivity index (χ2n) is 4.95. The van der Waals surface area contributed by atoms with Crippen molar-refractivity contribution in [2.45, 2.75) is 30.6 Å². The Bertz CT molecular complexity index is 708. The van der Waals surface area contributed by atoms with Gasteiger partial charge in [-0.15, -0.1) is 10.2 Å². The highest BCUT2D eigenvalue weighted by Crippen LogP contribution is 2.38. The molecular formula is C15H14FN3O2S. The molecule has 1 N–H and O–H groups in total. The van der Waals surface area contributed by atoms with Crippen LogP contribution in [-0.2, 0) is 6.61 Å². The van der Waals surface area contributed by atoms with Crippen LogP contribution in [0.4, 0.5) is 4.39 Å². The third-order valence-electron chi connectivity index (χ3n) is 3.31. The lowest BCUT2D eigenvalue weighted by atomic mass is 10.1. The summed E-state index contributed by atoms with van der Waals surface area (Å²) in [6, 6.07) is 5.75. The molecule has 0 saturated heterocycles. The molecule has 1 saturated carbocycles. The molecule has 1 heterocycles. The molecule has 7 heteroatoms. The predicted octanol–water partition coefficient (Wildman–Crippen LogP) is 2.73. The number of hydrogen-bond acceptors (Lipinski definition) is 5. The van der Waals surface area contributed by atoms with Gasteiger partial charge in [-0.1, -0.05) is 11.8 Å². The maximum atomic E-state index is 12.8. The molecule has 2 aromatic rings. The quantitative estimate of drug-likeness (QED) is 0.504. The zero-order valence-corrected chi connectivity index (χ0v) is 12.5. The van der Waals surface area contributed by atoms with Gasteiger partial charge in [0.05, 0.1) is 0 Å². The Morgan fingerprint density at radius 3 is 2.73 bits per heavy atom. The molecule has 1 aliphatic rings. The summed E-state index contributed by atoms with van der Waals surface area (Å²) < 4.78 is 14.7. The van der Waals surface area contributed by atoms with Gasteiger partial charge in [-0.3, -0.25) is 4.79 Å². The third kappa shape index (κ3) is 3.26. The van der Waals surface area contributed by atoms with Gasteiger partial charge in [0.1, 0.15) is 12.4 Å². The van der Waals surface area contributed by atoms with Crippen molar-refractivity contribution in [2.75, 3.05) is 0 Å². The number of thioether (sulfide) groups is 1. The highest BCUT2D eigenvalue weighted by atomic mass is 32.2. The summed E-state index contributed by atoms with van der Waals surface area (Å²) in [6.45, 7) is -0.151. The average Bonchev–Trinajstić information content (AvgIpc) is 3.28. The molecule has 0 radical (unpaired) electrons. The van der Waals surface area contributed by atoms with E-state index < -0.39 is 0 Å². The van der Waals surface area contributed by atoms with Crippen molar-refractivity contribution in [1.29, 1.82) is 0 Å². The smallest absolute Gasteiger partial charge is 0.195 e. The van der Waals surface area contributed by atoms with Gasteiger partial charge in [-0.25, -0.2) is 4.39 Å². The average molecular weight is 319 g/mol. The SMILES string of the molecule is O=C(/C=C/Sc1nnc(CO)n1C1CC1)c1ccc(F)cc1. The summed E-state index contributed by atoms with van der Waals surface area (Å²) in [5.41, 5.74) is 0.429. The van der Waals surface area contributed by atoms with Crippen molar-refractivity contribution < 1.29 is 14.3 Å². The summed E-state index contributed by atoms with van der Waals surface area (Å²) in [5.74, 6) is -0.0281. The zero-order chi connectivity index (χ0) is 15.5. The maximum Gasteiger partial charge on any atom is 0.195 e. The fourth-order valence-electron chi connectivity index (χ4n) is 2.06. The Kier molecular flexibility index (Phi) is 4.35. The van der Waals surface area contributed by atoms with Crippen molar-refractivity contribution in [3.8, 4) is 0 Å². The minimum Gasteiger partial charge on any atom is -0.388 e. The topological polar surface area (TPSA) is 68.0 Å². The number of aliphatic hydroxyl groups excluding tert-OH is 1. The van der Waals surface area contributed by atoms with E-state index >= 15 is 0 Å². The molecule has 1 fully saturated rings. The van der Waals surface area contributed by atoms with Gasteiger partial charge in [-0.05, 0) is 48.6 Å². The fraction of sp³-hybridized carbons (Fsp3) is 0.267. The van der Waals surface area contributed by atoms with Gasteiger partial charge in [0, 0.05) is 11.6 Å². The molecule has 0 amide bonds. The molecule has 0 atom stereocenters. The molecule has 1 aliphatic carbocycles. The lowest BCUT2D eigenvalue weighted by Crippen LogP contribution is -2.02. The first-order valence-electron chi connectivity index (χ1n) is 6.87. The lowest BCUT2D eigenvalue weighted by Gasteiger charge is -2.04. The van der Waals surface area contributed by atoms with E-state index in [4.69, 9.17) is 0 Å². The summed E-state index contributed by atoms with van der Waals surface area (Å²) in [6.07, 6.45) is 3.52. The van der Waals surface area contributed by atoms with Crippen molar-refractivity contribution in [1.82, 2.24) is 14.8 Å². The number of benzene rings is 1. The normalized spacial score (nSPS) is 14.6. The number of aromatic nitrogens is 3. The minimum absolute atomic E-state index is 0.151. The van der Waals surface area contributed by atoms with Crippen molar-refractivity contribution in [3.05, 3.63) is 53.0 Å². The van der Waals surface area contributed by atoms with Gasteiger partial charge < -0.3 is 9.67 Å². The van der Waals surface area contributed by atoms with E-state index in [1.54, 1.807) is 5.41 Å². The first-order valence-corrected chi connectivity index (χ1v) is 7.74.